The first kappa shape index (κ1) is 13.3. The van der Waals surface area contributed by atoms with Crippen LogP contribution in [0.25, 0.3) is 11.3 Å². The van der Waals surface area contributed by atoms with Crippen LogP contribution in [-0.4, -0.2) is 33.7 Å². The molecule has 0 amide bonds. The number of aromatic nitrogens is 1. The van der Waals surface area contributed by atoms with Gasteiger partial charge in [0.25, 0.3) is 0 Å². The highest BCUT2D eigenvalue weighted by molar-refractivity contribution is 5.55. The lowest BCUT2D eigenvalue weighted by molar-refractivity contribution is -0.00905. The summed E-state index contributed by atoms with van der Waals surface area (Å²) < 4.78 is 5.81. The maximum absolute atomic E-state index is 9.95. The van der Waals surface area contributed by atoms with Crippen LogP contribution in [0.3, 0.4) is 0 Å². The molecule has 0 unspecified atom stereocenters. The van der Waals surface area contributed by atoms with E-state index >= 15 is 0 Å². The first-order valence-corrected chi connectivity index (χ1v) is 7.07. The Kier molecular flexibility index (Phi) is 3.59. The van der Waals surface area contributed by atoms with E-state index in [-0.39, 0.29) is 0 Å². The van der Waals surface area contributed by atoms with Gasteiger partial charge in [0.1, 0.15) is 0 Å². The van der Waals surface area contributed by atoms with E-state index in [2.05, 4.69) is 9.88 Å². The van der Waals surface area contributed by atoms with Crippen molar-refractivity contribution >= 4 is 0 Å². The maximum atomic E-state index is 9.95. The number of rotatable bonds is 3. The quantitative estimate of drug-likeness (QED) is 0.933. The second-order valence-corrected chi connectivity index (χ2v) is 5.76. The van der Waals surface area contributed by atoms with Crippen molar-refractivity contribution in [3.63, 3.8) is 0 Å². The zero-order valence-electron chi connectivity index (χ0n) is 11.7. The molecule has 20 heavy (non-hydrogen) atoms. The van der Waals surface area contributed by atoms with Gasteiger partial charge < -0.3 is 9.52 Å². The molecule has 0 bridgehead atoms. The third-order valence-corrected chi connectivity index (χ3v) is 3.90. The van der Waals surface area contributed by atoms with Gasteiger partial charge in [0.15, 0.2) is 5.76 Å². The minimum Gasteiger partial charge on any atom is -0.439 e. The van der Waals surface area contributed by atoms with E-state index < -0.39 is 5.60 Å². The van der Waals surface area contributed by atoms with E-state index in [1.54, 1.807) is 6.20 Å². The molecule has 1 aliphatic rings. The van der Waals surface area contributed by atoms with Crippen molar-refractivity contribution in [3.8, 4) is 11.3 Å². The average molecular weight is 272 g/mol. The summed E-state index contributed by atoms with van der Waals surface area (Å²) in [7, 11) is 0. The van der Waals surface area contributed by atoms with E-state index in [1.165, 1.54) is 0 Å². The molecule has 1 saturated heterocycles. The summed E-state index contributed by atoms with van der Waals surface area (Å²) in [5.41, 5.74) is 0.537. The lowest BCUT2D eigenvalue weighted by Gasteiger charge is -2.35. The number of piperidine rings is 1. The molecule has 106 valence electrons. The number of likely N-dealkylation sites (tertiary alicyclic amines) is 1. The lowest BCUT2D eigenvalue weighted by atomic mass is 9.94. The summed E-state index contributed by atoms with van der Waals surface area (Å²) in [5, 5.41) is 9.95. The second kappa shape index (κ2) is 5.38. The summed E-state index contributed by atoms with van der Waals surface area (Å²) >= 11 is 0. The molecule has 4 nitrogen and oxygen atoms in total. The summed E-state index contributed by atoms with van der Waals surface area (Å²) in [4.78, 5) is 6.63. The Bertz CT molecular complexity index is 553. The molecule has 3 rings (SSSR count). The smallest absolute Gasteiger partial charge is 0.209 e. The van der Waals surface area contributed by atoms with Crippen molar-refractivity contribution in [2.45, 2.75) is 31.9 Å². The van der Waals surface area contributed by atoms with Gasteiger partial charge >= 0.3 is 0 Å². The van der Waals surface area contributed by atoms with E-state index in [0.29, 0.717) is 6.54 Å². The zero-order chi connectivity index (χ0) is 14.0. The number of oxazole rings is 1. The van der Waals surface area contributed by atoms with Crippen molar-refractivity contribution in [1.29, 1.82) is 0 Å². The predicted molar refractivity (Wildman–Crippen MR) is 77.1 cm³/mol. The van der Waals surface area contributed by atoms with Crippen molar-refractivity contribution in [2.75, 3.05) is 13.1 Å². The SMILES string of the molecule is CC1(O)CCN(Cc2ncc(-c3ccccc3)o2)CC1. The van der Waals surface area contributed by atoms with Crippen LogP contribution in [0, 0.1) is 0 Å². The highest BCUT2D eigenvalue weighted by Crippen LogP contribution is 2.24. The normalized spacial score (nSPS) is 19.1. The van der Waals surface area contributed by atoms with Gasteiger partial charge in [-0.15, -0.1) is 0 Å². The first-order chi connectivity index (χ1) is 9.62. The van der Waals surface area contributed by atoms with Gasteiger partial charge in [0.2, 0.25) is 5.89 Å². The minimum atomic E-state index is -0.512. The highest BCUT2D eigenvalue weighted by atomic mass is 16.4. The van der Waals surface area contributed by atoms with E-state index in [9.17, 15) is 5.11 Å². The number of aliphatic hydroxyl groups is 1. The fraction of sp³-hybridized carbons (Fsp3) is 0.438. The molecule has 0 radical (unpaired) electrons. The van der Waals surface area contributed by atoms with Gasteiger partial charge in [-0.3, -0.25) is 4.90 Å². The van der Waals surface area contributed by atoms with Crippen LogP contribution in [0.4, 0.5) is 0 Å². The average Bonchev–Trinajstić information content (AvgIpc) is 2.91. The zero-order valence-corrected chi connectivity index (χ0v) is 11.7. The van der Waals surface area contributed by atoms with Crippen LogP contribution in [0.5, 0.6) is 0 Å². The second-order valence-electron chi connectivity index (χ2n) is 5.76. The van der Waals surface area contributed by atoms with Crippen LogP contribution in [-0.2, 0) is 6.54 Å². The highest BCUT2D eigenvalue weighted by Gasteiger charge is 2.27. The molecule has 2 aromatic rings. The van der Waals surface area contributed by atoms with Gasteiger partial charge in [-0.25, -0.2) is 4.98 Å². The Morgan fingerprint density at radius 2 is 1.95 bits per heavy atom. The standard InChI is InChI=1S/C16H20N2O2/c1-16(19)7-9-18(10-8-16)12-15-17-11-14(20-15)13-5-3-2-4-6-13/h2-6,11,19H,7-10,12H2,1H3. The number of hydrogen-bond donors (Lipinski definition) is 1. The van der Waals surface area contributed by atoms with Gasteiger partial charge in [0.05, 0.1) is 18.3 Å². The van der Waals surface area contributed by atoms with Crippen LogP contribution in [0.2, 0.25) is 0 Å². The van der Waals surface area contributed by atoms with Crippen molar-refractivity contribution in [1.82, 2.24) is 9.88 Å². The summed E-state index contributed by atoms with van der Waals surface area (Å²) in [5.74, 6) is 1.55. The largest absolute Gasteiger partial charge is 0.439 e. The molecule has 2 heterocycles. The third kappa shape index (κ3) is 3.08. The summed E-state index contributed by atoms with van der Waals surface area (Å²) in [6, 6.07) is 10.00. The fourth-order valence-electron chi connectivity index (χ4n) is 2.50. The molecule has 1 aromatic carbocycles. The molecule has 0 spiro atoms. The van der Waals surface area contributed by atoms with Crippen LogP contribution in [0.1, 0.15) is 25.7 Å². The third-order valence-electron chi connectivity index (χ3n) is 3.90. The van der Waals surface area contributed by atoms with Gasteiger partial charge in [-0.2, -0.15) is 0 Å². The van der Waals surface area contributed by atoms with Crippen LogP contribution >= 0.6 is 0 Å². The molecule has 1 N–H and O–H groups in total. The van der Waals surface area contributed by atoms with Gasteiger partial charge in [0, 0.05) is 18.7 Å². The number of hydrogen-bond acceptors (Lipinski definition) is 4. The maximum Gasteiger partial charge on any atom is 0.209 e. The Balaban J connectivity index is 1.64. The molecule has 1 fully saturated rings. The predicted octanol–water partition coefficient (Wildman–Crippen LogP) is 2.69. The molecular formula is C16H20N2O2. The Morgan fingerprint density at radius 1 is 1.25 bits per heavy atom. The number of nitrogens with zero attached hydrogens (tertiary/aromatic N) is 2. The molecule has 1 aromatic heterocycles. The van der Waals surface area contributed by atoms with Gasteiger partial charge in [-0.05, 0) is 19.8 Å². The van der Waals surface area contributed by atoms with Crippen molar-refractivity contribution in [3.05, 3.63) is 42.4 Å². The molecule has 4 heteroatoms. The molecular weight excluding hydrogens is 252 g/mol. The first-order valence-electron chi connectivity index (χ1n) is 7.07. The fourth-order valence-corrected chi connectivity index (χ4v) is 2.50. The monoisotopic (exact) mass is 272 g/mol. The molecule has 0 aliphatic carbocycles. The molecule has 0 saturated carbocycles. The van der Waals surface area contributed by atoms with Gasteiger partial charge in [-0.1, -0.05) is 30.3 Å². The van der Waals surface area contributed by atoms with E-state index in [0.717, 1.165) is 43.1 Å². The minimum absolute atomic E-state index is 0.512. The topological polar surface area (TPSA) is 49.5 Å². The van der Waals surface area contributed by atoms with Crippen molar-refractivity contribution < 1.29 is 9.52 Å². The van der Waals surface area contributed by atoms with E-state index in [1.807, 2.05) is 37.3 Å². The summed E-state index contributed by atoms with van der Waals surface area (Å²) in [6.45, 7) is 4.39. The molecule has 1 aliphatic heterocycles. The Morgan fingerprint density at radius 3 is 2.65 bits per heavy atom. The Labute approximate surface area is 119 Å². The van der Waals surface area contributed by atoms with Crippen LogP contribution in [0.15, 0.2) is 40.9 Å². The van der Waals surface area contributed by atoms with E-state index in [4.69, 9.17) is 4.42 Å². The lowest BCUT2D eigenvalue weighted by Crippen LogP contribution is -2.41. The van der Waals surface area contributed by atoms with Crippen molar-refractivity contribution in [2.24, 2.45) is 0 Å². The molecule has 0 atom stereocenters. The summed E-state index contributed by atoms with van der Waals surface area (Å²) in [6.07, 6.45) is 3.39. The Hall–Kier alpha value is -1.65. The van der Waals surface area contributed by atoms with Crippen LogP contribution < -0.4 is 0 Å². The number of benzene rings is 1.